The molecule has 0 unspecified atom stereocenters. The molecule has 0 aliphatic heterocycles. The molecule has 0 spiro atoms. The Morgan fingerprint density at radius 2 is 1.37 bits per heavy atom. The summed E-state index contributed by atoms with van der Waals surface area (Å²) in [5, 5.41) is 21.9. The summed E-state index contributed by atoms with van der Waals surface area (Å²) in [6.07, 6.45) is 3.75. The van der Waals surface area contributed by atoms with E-state index in [0.717, 1.165) is 16.2 Å². The van der Waals surface area contributed by atoms with Gasteiger partial charge in [0.15, 0.2) is 6.33 Å². The van der Waals surface area contributed by atoms with Gasteiger partial charge < -0.3 is 29.6 Å². The van der Waals surface area contributed by atoms with Crippen molar-refractivity contribution in [3.8, 4) is 11.4 Å². The van der Waals surface area contributed by atoms with Gasteiger partial charge in [0.2, 0.25) is 17.6 Å². The highest BCUT2D eigenvalue weighted by atomic mass is 33.1. The van der Waals surface area contributed by atoms with Crippen LogP contribution >= 0.6 is 21.6 Å². The zero-order valence-corrected chi connectivity index (χ0v) is 25.5. The average molecular weight is 632 g/mol. The number of hydrogen-bond donors (Lipinski definition) is 2. The number of carbonyl (C=O) groups excluding carboxylic acids is 2. The molecular formula is C28H37N7O6S2. The van der Waals surface area contributed by atoms with Crippen LogP contribution in [0.2, 0.25) is 0 Å². The lowest BCUT2D eigenvalue weighted by molar-refractivity contribution is -0.122. The van der Waals surface area contributed by atoms with E-state index in [1.54, 1.807) is 27.8 Å². The van der Waals surface area contributed by atoms with Gasteiger partial charge in [-0.1, -0.05) is 41.1 Å². The molecule has 3 rings (SSSR count). The minimum absolute atomic E-state index is 0.00717. The van der Waals surface area contributed by atoms with Crippen LogP contribution in [0.4, 0.5) is 0 Å². The van der Waals surface area contributed by atoms with Crippen molar-refractivity contribution in [1.29, 1.82) is 0 Å². The molecule has 0 aliphatic rings. The van der Waals surface area contributed by atoms with Crippen LogP contribution in [-0.2, 0) is 35.1 Å². The van der Waals surface area contributed by atoms with Crippen molar-refractivity contribution < 1.29 is 28.5 Å². The van der Waals surface area contributed by atoms with Gasteiger partial charge in [0.25, 0.3) is 0 Å². The third-order valence-corrected chi connectivity index (χ3v) is 7.73. The number of benzene rings is 1. The van der Waals surface area contributed by atoms with E-state index in [1.807, 2.05) is 42.5 Å². The van der Waals surface area contributed by atoms with E-state index in [-0.39, 0.29) is 18.2 Å². The minimum atomic E-state index is -0.0893. The van der Waals surface area contributed by atoms with E-state index in [2.05, 4.69) is 36.0 Å². The first kappa shape index (κ1) is 34.3. The summed E-state index contributed by atoms with van der Waals surface area (Å²) in [6.45, 7) is 4.25. The average Bonchev–Trinajstić information content (AvgIpc) is 3.05. The van der Waals surface area contributed by atoms with Gasteiger partial charge in [-0.15, -0.1) is 20.4 Å². The summed E-state index contributed by atoms with van der Waals surface area (Å²) < 4.78 is 21.8. The predicted molar refractivity (Wildman–Crippen MR) is 163 cm³/mol. The summed E-state index contributed by atoms with van der Waals surface area (Å²) >= 11 is 0. The molecule has 15 heteroatoms. The van der Waals surface area contributed by atoms with Crippen molar-refractivity contribution in [2.24, 2.45) is 0 Å². The second-order valence-corrected chi connectivity index (χ2v) is 11.2. The molecule has 0 fully saturated rings. The van der Waals surface area contributed by atoms with Crippen LogP contribution in [-0.4, -0.2) is 102 Å². The Balaban J connectivity index is 1.03. The Labute approximate surface area is 259 Å². The van der Waals surface area contributed by atoms with Gasteiger partial charge in [0.05, 0.1) is 52.9 Å². The minimum Gasteiger partial charge on any atom is -0.379 e. The van der Waals surface area contributed by atoms with E-state index in [9.17, 15) is 9.59 Å². The molecule has 0 bridgehead atoms. The number of amides is 2. The third kappa shape index (κ3) is 16.3. The van der Waals surface area contributed by atoms with Crippen LogP contribution in [0.1, 0.15) is 18.4 Å². The number of nitrogens with one attached hydrogen (secondary N) is 2. The van der Waals surface area contributed by atoms with Crippen molar-refractivity contribution in [3.63, 3.8) is 0 Å². The van der Waals surface area contributed by atoms with Crippen molar-refractivity contribution >= 4 is 33.4 Å². The molecule has 0 saturated carbocycles. The van der Waals surface area contributed by atoms with Gasteiger partial charge >= 0.3 is 0 Å². The summed E-state index contributed by atoms with van der Waals surface area (Å²) in [6, 6.07) is 13.3. The topological polar surface area (TPSA) is 160 Å². The third-order valence-electron chi connectivity index (χ3n) is 5.46. The van der Waals surface area contributed by atoms with Crippen molar-refractivity contribution in [2.75, 3.05) is 65.2 Å². The Morgan fingerprint density at radius 1 is 0.721 bits per heavy atom. The van der Waals surface area contributed by atoms with E-state index in [0.29, 0.717) is 83.9 Å². The van der Waals surface area contributed by atoms with Crippen LogP contribution in [0, 0.1) is 0 Å². The maximum atomic E-state index is 12.0. The quantitative estimate of drug-likeness (QED) is 0.116. The lowest BCUT2D eigenvalue weighted by Gasteiger charge is -2.09. The standard InChI is InChI=1S/C28H37N7O6S2/c36-25(31-21-23-4-6-24(7-5-23)28-34-32-22-33-35-28)8-12-38-14-16-40-18-19-41-17-15-39-13-11-29-26(37)9-20-42-43-27-3-1-2-10-30-27/h1-7,10,22H,8-9,11-21H2,(H,29,37)(H,31,36). The van der Waals surface area contributed by atoms with Crippen LogP contribution in [0.3, 0.4) is 0 Å². The number of nitrogens with zero attached hydrogens (tertiary/aromatic N) is 5. The van der Waals surface area contributed by atoms with Crippen molar-refractivity contribution in [1.82, 2.24) is 36.0 Å². The van der Waals surface area contributed by atoms with E-state index in [4.69, 9.17) is 18.9 Å². The number of hydrogen-bond acceptors (Lipinski definition) is 13. The Morgan fingerprint density at radius 3 is 2.05 bits per heavy atom. The lowest BCUT2D eigenvalue weighted by Crippen LogP contribution is -2.27. The molecule has 2 heterocycles. The van der Waals surface area contributed by atoms with Gasteiger partial charge in [-0.05, 0) is 28.5 Å². The highest BCUT2D eigenvalue weighted by molar-refractivity contribution is 8.76. The van der Waals surface area contributed by atoms with Gasteiger partial charge in [0.1, 0.15) is 5.03 Å². The van der Waals surface area contributed by atoms with Gasteiger partial charge in [-0.2, -0.15) is 0 Å². The number of rotatable bonds is 23. The molecule has 2 N–H and O–H groups in total. The Kier molecular flexibility index (Phi) is 17.8. The van der Waals surface area contributed by atoms with E-state index in [1.165, 1.54) is 6.33 Å². The predicted octanol–water partition coefficient (Wildman–Crippen LogP) is 2.35. The zero-order chi connectivity index (χ0) is 30.2. The summed E-state index contributed by atoms with van der Waals surface area (Å²) in [4.78, 5) is 28.1. The highest BCUT2D eigenvalue weighted by Gasteiger charge is 2.05. The van der Waals surface area contributed by atoms with Gasteiger partial charge in [-0.3, -0.25) is 9.59 Å². The highest BCUT2D eigenvalue weighted by Crippen LogP contribution is 2.29. The fraction of sp³-hybridized carbons (Fsp3) is 0.464. The number of ether oxygens (including phenoxy) is 4. The monoisotopic (exact) mass is 631 g/mol. The van der Waals surface area contributed by atoms with E-state index >= 15 is 0 Å². The summed E-state index contributed by atoms with van der Waals surface area (Å²) in [5.41, 5.74) is 1.76. The maximum absolute atomic E-state index is 12.0. The van der Waals surface area contributed by atoms with Crippen LogP contribution < -0.4 is 10.6 Å². The first-order chi connectivity index (χ1) is 21.2. The lowest BCUT2D eigenvalue weighted by atomic mass is 10.1. The molecule has 0 radical (unpaired) electrons. The second-order valence-electron chi connectivity index (χ2n) is 8.72. The second kappa shape index (κ2) is 22.3. The van der Waals surface area contributed by atoms with Gasteiger partial charge in [-0.25, -0.2) is 4.98 Å². The van der Waals surface area contributed by atoms with Crippen molar-refractivity contribution in [3.05, 3.63) is 60.6 Å². The first-order valence-electron chi connectivity index (χ1n) is 13.9. The molecule has 0 aliphatic carbocycles. The fourth-order valence-electron chi connectivity index (χ4n) is 3.29. The van der Waals surface area contributed by atoms with E-state index < -0.39 is 0 Å². The first-order valence-corrected chi connectivity index (χ1v) is 16.2. The van der Waals surface area contributed by atoms with Gasteiger partial charge in [0, 0.05) is 43.4 Å². The summed E-state index contributed by atoms with van der Waals surface area (Å²) in [5.74, 6) is 1.08. The molecular weight excluding hydrogens is 594 g/mol. The Bertz CT molecular complexity index is 1170. The summed E-state index contributed by atoms with van der Waals surface area (Å²) in [7, 11) is 3.17. The number of carbonyl (C=O) groups is 2. The smallest absolute Gasteiger partial charge is 0.222 e. The zero-order valence-electron chi connectivity index (χ0n) is 23.9. The molecule has 13 nitrogen and oxygen atoms in total. The largest absolute Gasteiger partial charge is 0.379 e. The normalized spacial score (nSPS) is 10.9. The van der Waals surface area contributed by atoms with Crippen LogP contribution in [0.15, 0.2) is 60.0 Å². The maximum Gasteiger partial charge on any atom is 0.222 e. The molecule has 2 amide bonds. The SMILES string of the molecule is O=C(CCSSc1ccccn1)NCCOCCOCCOCCOCCC(=O)NCc1ccc(-c2nncnn2)cc1. The molecule has 2 aromatic heterocycles. The fourth-order valence-corrected chi connectivity index (χ4v) is 5.16. The molecule has 0 saturated heterocycles. The molecule has 1 aromatic carbocycles. The number of pyridine rings is 1. The van der Waals surface area contributed by atoms with Crippen LogP contribution in [0.25, 0.3) is 11.4 Å². The molecule has 232 valence electrons. The molecule has 3 aromatic rings. The van der Waals surface area contributed by atoms with Crippen LogP contribution in [0.5, 0.6) is 0 Å². The number of aromatic nitrogens is 5. The Hall–Kier alpha value is -3.21. The molecule has 43 heavy (non-hydrogen) atoms. The van der Waals surface area contributed by atoms with Crippen molar-refractivity contribution in [2.45, 2.75) is 24.4 Å². The molecule has 0 atom stereocenters.